The number of fused-ring (bicyclic) bond motifs is 1. The van der Waals surface area contributed by atoms with Gasteiger partial charge in [0, 0.05) is 12.4 Å². The van der Waals surface area contributed by atoms with Crippen molar-refractivity contribution in [1.82, 2.24) is 9.78 Å². The van der Waals surface area contributed by atoms with Crippen molar-refractivity contribution in [2.45, 2.75) is 5.33 Å². The third-order valence-electron chi connectivity index (χ3n) is 2.29. The fourth-order valence-corrected chi connectivity index (χ4v) is 2.24. The third-order valence-corrected chi connectivity index (χ3v) is 2.82. The Balaban J connectivity index is 2.82. The number of alkyl halides is 1. The van der Waals surface area contributed by atoms with Crippen molar-refractivity contribution in [2.75, 3.05) is 7.11 Å². The van der Waals surface area contributed by atoms with Gasteiger partial charge in [-0.3, -0.25) is 4.68 Å². The number of aryl methyl sites for hydroxylation is 1. The van der Waals surface area contributed by atoms with E-state index in [1.807, 2.05) is 29.9 Å². The van der Waals surface area contributed by atoms with Gasteiger partial charge in [-0.05, 0) is 12.1 Å². The topological polar surface area (TPSA) is 27.1 Å². The number of ether oxygens (including phenoxy) is 1. The van der Waals surface area contributed by atoms with Crippen LogP contribution in [0.15, 0.2) is 18.2 Å². The van der Waals surface area contributed by atoms with Crippen molar-refractivity contribution in [3.63, 3.8) is 0 Å². The van der Waals surface area contributed by atoms with E-state index < -0.39 is 0 Å². The lowest BCUT2D eigenvalue weighted by atomic mass is 10.2. The summed E-state index contributed by atoms with van der Waals surface area (Å²) in [7, 11) is 3.62. The zero-order valence-electron chi connectivity index (χ0n) is 8.12. The van der Waals surface area contributed by atoms with Gasteiger partial charge in [0.15, 0.2) is 0 Å². The highest BCUT2D eigenvalue weighted by molar-refractivity contribution is 9.08. The molecule has 0 fully saturated rings. The molecule has 0 atom stereocenters. The largest absolute Gasteiger partial charge is 0.496 e. The van der Waals surface area contributed by atoms with Crippen molar-refractivity contribution in [1.29, 1.82) is 0 Å². The number of benzene rings is 1. The van der Waals surface area contributed by atoms with Crippen LogP contribution in [0, 0.1) is 0 Å². The summed E-state index contributed by atoms with van der Waals surface area (Å²) in [6.07, 6.45) is 0. The predicted octanol–water partition coefficient (Wildman–Crippen LogP) is 2.48. The number of rotatable bonds is 2. The van der Waals surface area contributed by atoms with Gasteiger partial charge in [-0.15, -0.1) is 0 Å². The SMILES string of the molecule is COc1cccc2nn(C)c(CBr)c12. The second-order valence-corrected chi connectivity index (χ2v) is 3.62. The van der Waals surface area contributed by atoms with Gasteiger partial charge in [-0.2, -0.15) is 5.10 Å². The Hall–Kier alpha value is -1.03. The first-order chi connectivity index (χ1) is 6.77. The molecular formula is C10H11BrN2O. The normalized spacial score (nSPS) is 10.8. The Morgan fingerprint density at radius 3 is 2.93 bits per heavy atom. The lowest BCUT2D eigenvalue weighted by Crippen LogP contribution is -1.95. The fraction of sp³-hybridized carbons (Fsp3) is 0.300. The Labute approximate surface area is 90.8 Å². The zero-order chi connectivity index (χ0) is 10.1. The van der Waals surface area contributed by atoms with Gasteiger partial charge in [-0.1, -0.05) is 22.0 Å². The lowest BCUT2D eigenvalue weighted by molar-refractivity contribution is 0.419. The van der Waals surface area contributed by atoms with Crippen LogP contribution in [0.2, 0.25) is 0 Å². The van der Waals surface area contributed by atoms with E-state index in [1.165, 1.54) is 0 Å². The molecule has 74 valence electrons. The molecule has 2 aromatic rings. The zero-order valence-corrected chi connectivity index (χ0v) is 9.71. The van der Waals surface area contributed by atoms with Gasteiger partial charge in [-0.25, -0.2) is 0 Å². The molecule has 4 heteroatoms. The maximum Gasteiger partial charge on any atom is 0.130 e. The minimum Gasteiger partial charge on any atom is -0.496 e. The predicted molar refractivity (Wildman–Crippen MR) is 59.9 cm³/mol. The van der Waals surface area contributed by atoms with E-state index in [-0.39, 0.29) is 0 Å². The number of nitrogens with zero attached hydrogens (tertiary/aromatic N) is 2. The molecule has 14 heavy (non-hydrogen) atoms. The van der Waals surface area contributed by atoms with Crippen LogP contribution in [0.25, 0.3) is 10.9 Å². The summed E-state index contributed by atoms with van der Waals surface area (Å²) in [5.41, 5.74) is 2.11. The van der Waals surface area contributed by atoms with E-state index in [1.54, 1.807) is 7.11 Å². The second kappa shape index (κ2) is 3.61. The van der Waals surface area contributed by atoms with Gasteiger partial charge >= 0.3 is 0 Å². The molecule has 0 aliphatic carbocycles. The number of hydrogen-bond acceptors (Lipinski definition) is 2. The minimum absolute atomic E-state index is 0.778. The Morgan fingerprint density at radius 1 is 1.50 bits per heavy atom. The third kappa shape index (κ3) is 1.30. The lowest BCUT2D eigenvalue weighted by Gasteiger charge is -2.02. The molecule has 0 spiro atoms. The molecule has 0 bridgehead atoms. The van der Waals surface area contributed by atoms with Crippen LogP contribution in [-0.2, 0) is 12.4 Å². The van der Waals surface area contributed by atoms with Crippen molar-refractivity contribution in [3.05, 3.63) is 23.9 Å². The van der Waals surface area contributed by atoms with Crippen molar-refractivity contribution in [2.24, 2.45) is 7.05 Å². The fourth-order valence-electron chi connectivity index (χ4n) is 1.60. The summed E-state index contributed by atoms with van der Waals surface area (Å²) in [6, 6.07) is 5.90. The minimum atomic E-state index is 0.778. The molecule has 0 N–H and O–H groups in total. The number of hydrogen-bond donors (Lipinski definition) is 0. The first kappa shape index (κ1) is 9.52. The molecule has 0 saturated carbocycles. The molecule has 2 rings (SSSR count). The highest BCUT2D eigenvalue weighted by Gasteiger charge is 2.11. The average Bonchev–Trinajstić information content (AvgIpc) is 2.52. The van der Waals surface area contributed by atoms with Gasteiger partial charge in [0.2, 0.25) is 0 Å². The highest BCUT2D eigenvalue weighted by Crippen LogP contribution is 2.29. The van der Waals surface area contributed by atoms with E-state index in [9.17, 15) is 0 Å². The van der Waals surface area contributed by atoms with E-state index in [4.69, 9.17) is 4.74 Å². The molecule has 0 unspecified atom stereocenters. The summed E-state index contributed by atoms with van der Waals surface area (Å²) in [6.45, 7) is 0. The Bertz CT molecular complexity index is 464. The standard InChI is InChI=1S/C10H11BrN2O/c1-13-8(6-11)10-7(12-13)4-3-5-9(10)14-2/h3-5H,6H2,1-2H3. The molecule has 1 heterocycles. The van der Waals surface area contributed by atoms with E-state index in [0.717, 1.165) is 27.7 Å². The average molecular weight is 255 g/mol. The highest BCUT2D eigenvalue weighted by atomic mass is 79.9. The molecule has 1 aromatic heterocycles. The molecule has 0 amide bonds. The summed E-state index contributed by atoms with van der Waals surface area (Å²) in [5.74, 6) is 0.880. The van der Waals surface area contributed by atoms with Gasteiger partial charge < -0.3 is 4.74 Å². The monoisotopic (exact) mass is 254 g/mol. The van der Waals surface area contributed by atoms with Crippen molar-refractivity contribution in [3.8, 4) is 5.75 Å². The van der Waals surface area contributed by atoms with Crippen LogP contribution in [0.1, 0.15) is 5.69 Å². The first-order valence-corrected chi connectivity index (χ1v) is 5.44. The number of halogens is 1. The van der Waals surface area contributed by atoms with Crippen LogP contribution in [0.4, 0.5) is 0 Å². The van der Waals surface area contributed by atoms with Gasteiger partial charge in [0.05, 0.1) is 23.7 Å². The molecule has 0 radical (unpaired) electrons. The maximum absolute atomic E-state index is 5.31. The second-order valence-electron chi connectivity index (χ2n) is 3.06. The van der Waals surface area contributed by atoms with E-state index in [2.05, 4.69) is 21.0 Å². The van der Waals surface area contributed by atoms with Crippen LogP contribution in [0.3, 0.4) is 0 Å². The maximum atomic E-state index is 5.31. The Kier molecular flexibility index (Phi) is 2.46. The molecule has 3 nitrogen and oxygen atoms in total. The van der Waals surface area contributed by atoms with Crippen LogP contribution >= 0.6 is 15.9 Å². The molecular weight excluding hydrogens is 244 g/mol. The van der Waals surface area contributed by atoms with E-state index in [0.29, 0.717) is 0 Å². The van der Waals surface area contributed by atoms with Crippen molar-refractivity contribution < 1.29 is 4.74 Å². The summed E-state index contributed by atoms with van der Waals surface area (Å²) < 4.78 is 7.19. The van der Waals surface area contributed by atoms with Gasteiger partial charge in [0.25, 0.3) is 0 Å². The number of aromatic nitrogens is 2. The molecule has 0 aliphatic heterocycles. The summed E-state index contributed by atoms with van der Waals surface area (Å²) >= 11 is 3.46. The van der Waals surface area contributed by atoms with Crippen LogP contribution in [0.5, 0.6) is 5.75 Å². The number of methoxy groups -OCH3 is 1. The summed E-state index contributed by atoms with van der Waals surface area (Å²) in [5, 5.41) is 6.27. The van der Waals surface area contributed by atoms with Crippen LogP contribution in [-0.4, -0.2) is 16.9 Å². The quantitative estimate of drug-likeness (QED) is 0.771. The van der Waals surface area contributed by atoms with Crippen molar-refractivity contribution >= 4 is 26.8 Å². The van der Waals surface area contributed by atoms with Crippen LogP contribution < -0.4 is 4.74 Å². The molecule has 0 saturated heterocycles. The molecule has 1 aromatic carbocycles. The smallest absolute Gasteiger partial charge is 0.130 e. The van der Waals surface area contributed by atoms with Gasteiger partial charge in [0.1, 0.15) is 5.75 Å². The van der Waals surface area contributed by atoms with E-state index >= 15 is 0 Å². The summed E-state index contributed by atoms with van der Waals surface area (Å²) in [4.78, 5) is 0. The molecule has 0 aliphatic rings. The Morgan fingerprint density at radius 2 is 2.29 bits per heavy atom. The first-order valence-electron chi connectivity index (χ1n) is 4.32.